The topological polar surface area (TPSA) is 101 Å². The van der Waals surface area contributed by atoms with E-state index in [0.717, 1.165) is 27.4 Å². The molecule has 0 fully saturated rings. The van der Waals surface area contributed by atoms with Crippen LogP contribution in [0, 0.1) is 13.8 Å². The highest BCUT2D eigenvalue weighted by Gasteiger charge is 2.35. The standard InChI is InChI=1S/C21H17ClN4O4S/c1-11-7-13(8-12(2)18(11)22)30-10-16(27)23-21-25-24-17(31-21)9-26-19(28)14-5-3-4-6-15(14)20(26)29/h3-8H,9-10H2,1-2H3,(H,23,25,27). The van der Waals surface area contributed by atoms with Crippen molar-refractivity contribution in [3.8, 4) is 5.75 Å². The smallest absolute Gasteiger partial charge is 0.264 e. The highest BCUT2D eigenvalue weighted by atomic mass is 35.5. The molecule has 0 saturated heterocycles. The predicted molar refractivity (Wildman–Crippen MR) is 116 cm³/mol. The van der Waals surface area contributed by atoms with Gasteiger partial charge in [0.05, 0.1) is 17.7 Å². The van der Waals surface area contributed by atoms with Crippen LogP contribution < -0.4 is 10.1 Å². The molecule has 3 amide bonds. The summed E-state index contributed by atoms with van der Waals surface area (Å²) >= 11 is 7.22. The number of rotatable bonds is 6. The fourth-order valence-corrected chi connectivity index (χ4v) is 4.03. The molecule has 0 unspecified atom stereocenters. The average Bonchev–Trinajstić information content (AvgIpc) is 3.28. The Balaban J connectivity index is 1.35. The Kier molecular flexibility index (Phi) is 5.71. The number of hydrogen-bond donors (Lipinski definition) is 1. The van der Waals surface area contributed by atoms with Gasteiger partial charge in [-0.1, -0.05) is 35.1 Å². The van der Waals surface area contributed by atoms with Crippen LogP contribution in [0.3, 0.4) is 0 Å². The van der Waals surface area contributed by atoms with Crippen molar-refractivity contribution >= 4 is 45.8 Å². The molecule has 4 rings (SSSR count). The molecule has 2 heterocycles. The Hall–Kier alpha value is -3.30. The number of imide groups is 1. The zero-order chi connectivity index (χ0) is 22.1. The fraction of sp³-hybridized carbons (Fsp3) is 0.190. The van der Waals surface area contributed by atoms with Crippen LogP contribution >= 0.6 is 22.9 Å². The van der Waals surface area contributed by atoms with Crippen LogP contribution in [0.2, 0.25) is 5.02 Å². The maximum atomic E-state index is 12.5. The van der Waals surface area contributed by atoms with Gasteiger partial charge >= 0.3 is 0 Å². The molecule has 31 heavy (non-hydrogen) atoms. The molecular formula is C21H17ClN4O4S. The first-order valence-corrected chi connectivity index (χ1v) is 10.5. The number of anilines is 1. The number of carbonyl (C=O) groups is 3. The van der Waals surface area contributed by atoms with Crippen LogP contribution in [0.15, 0.2) is 36.4 Å². The van der Waals surface area contributed by atoms with Crippen molar-refractivity contribution in [2.24, 2.45) is 0 Å². The number of aromatic nitrogens is 2. The first-order chi connectivity index (χ1) is 14.8. The van der Waals surface area contributed by atoms with E-state index in [-0.39, 0.29) is 30.1 Å². The Labute approximate surface area is 186 Å². The third-order valence-corrected chi connectivity index (χ3v) is 6.08. The van der Waals surface area contributed by atoms with E-state index < -0.39 is 5.91 Å². The normalized spacial score (nSPS) is 12.8. The van der Waals surface area contributed by atoms with Crippen molar-refractivity contribution in [3.63, 3.8) is 0 Å². The van der Waals surface area contributed by atoms with Crippen LogP contribution in [0.1, 0.15) is 36.9 Å². The number of nitrogens with zero attached hydrogens (tertiary/aromatic N) is 3. The summed E-state index contributed by atoms with van der Waals surface area (Å²) in [6.07, 6.45) is 0. The van der Waals surface area contributed by atoms with Crippen LogP contribution in [0.4, 0.5) is 5.13 Å². The van der Waals surface area contributed by atoms with E-state index in [2.05, 4.69) is 15.5 Å². The second-order valence-corrected chi connectivity index (χ2v) is 8.39. The maximum Gasteiger partial charge on any atom is 0.264 e. The summed E-state index contributed by atoms with van der Waals surface area (Å²) in [5, 5.41) is 11.8. The molecule has 1 aliphatic heterocycles. The van der Waals surface area contributed by atoms with Gasteiger partial charge in [0, 0.05) is 5.02 Å². The molecule has 1 aromatic heterocycles. The quantitative estimate of drug-likeness (QED) is 0.568. The highest BCUT2D eigenvalue weighted by Crippen LogP contribution is 2.27. The fourth-order valence-electron chi connectivity index (χ4n) is 3.18. The van der Waals surface area contributed by atoms with Gasteiger partial charge in [0.25, 0.3) is 17.7 Å². The lowest BCUT2D eigenvalue weighted by molar-refractivity contribution is -0.118. The minimum Gasteiger partial charge on any atom is -0.484 e. The van der Waals surface area contributed by atoms with Gasteiger partial charge in [-0.3, -0.25) is 24.6 Å². The van der Waals surface area contributed by atoms with Crippen LogP contribution in [0.25, 0.3) is 0 Å². The number of ether oxygens (including phenoxy) is 1. The number of benzene rings is 2. The minimum atomic E-state index is -0.409. The van der Waals surface area contributed by atoms with Gasteiger partial charge in [0.2, 0.25) is 5.13 Å². The molecule has 0 bridgehead atoms. The molecule has 1 N–H and O–H groups in total. The lowest BCUT2D eigenvalue weighted by Gasteiger charge is -2.10. The first kappa shape index (κ1) is 21.0. The molecular weight excluding hydrogens is 440 g/mol. The number of amides is 3. The lowest BCUT2D eigenvalue weighted by Crippen LogP contribution is -2.29. The molecule has 2 aromatic carbocycles. The zero-order valence-electron chi connectivity index (χ0n) is 16.6. The van der Waals surface area contributed by atoms with E-state index in [1.165, 1.54) is 0 Å². The summed E-state index contributed by atoms with van der Waals surface area (Å²) < 4.78 is 5.52. The summed E-state index contributed by atoms with van der Waals surface area (Å²) in [6.45, 7) is 3.49. The monoisotopic (exact) mass is 456 g/mol. The zero-order valence-corrected chi connectivity index (χ0v) is 18.2. The van der Waals surface area contributed by atoms with E-state index in [0.29, 0.717) is 26.9 Å². The van der Waals surface area contributed by atoms with E-state index in [4.69, 9.17) is 16.3 Å². The number of hydrogen-bond acceptors (Lipinski definition) is 7. The van der Waals surface area contributed by atoms with E-state index >= 15 is 0 Å². The average molecular weight is 457 g/mol. The molecule has 8 nitrogen and oxygen atoms in total. The number of carbonyl (C=O) groups excluding carboxylic acids is 3. The van der Waals surface area contributed by atoms with Crippen molar-refractivity contribution in [2.45, 2.75) is 20.4 Å². The lowest BCUT2D eigenvalue weighted by atomic mass is 10.1. The summed E-state index contributed by atoms with van der Waals surface area (Å²) in [5.41, 5.74) is 2.46. The minimum absolute atomic E-state index is 0.0142. The van der Waals surface area contributed by atoms with Crippen LogP contribution in [0.5, 0.6) is 5.75 Å². The molecule has 0 atom stereocenters. The third kappa shape index (κ3) is 4.28. The molecule has 0 spiro atoms. The van der Waals surface area contributed by atoms with E-state index in [1.807, 2.05) is 13.8 Å². The Morgan fingerprint density at radius 3 is 2.32 bits per heavy atom. The molecule has 3 aromatic rings. The number of fused-ring (bicyclic) bond motifs is 1. The second kappa shape index (κ2) is 8.44. The molecule has 1 aliphatic rings. The maximum absolute atomic E-state index is 12.5. The molecule has 158 valence electrons. The van der Waals surface area contributed by atoms with Gasteiger partial charge in [0.1, 0.15) is 10.8 Å². The third-order valence-electron chi connectivity index (χ3n) is 4.66. The summed E-state index contributed by atoms with van der Waals surface area (Å²) in [5.74, 6) is -0.613. The highest BCUT2D eigenvalue weighted by molar-refractivity contribution is 7.15. The first-order valence-electron chi connectivity index (χ1n) is 9.30. The SMILES string of the molecule is Cc1cc(OCC(=O)Nc2nnc(CN3C(=O)c4ccccc4C3=O)s2)cc(C)c1Cl. The van der Waals surface area contributed by atoms with Crippen molar-refractivity contribution in [2.75, 3.05) is 11.9 Å². The van der Waals surface area contributed by atoms with Crippen molar-refractivity contribution in [1.82, 2.24) is 15.1 Å². The molecule has 0 aliphatic carbocycles. The number of halogens is 1. The van der Waals surface area contributed by atoms with E-state index in [1.54, 1.807) is 36.4 Å². The van der Waals surface area contributed by atoms with Gasteiger partial charge in [0.15, 0.2) is 6.61 Å². The number of nitrogens with one attached hydrogen (secondary N) is 1. The van der Waals surface area contributed by atoms with Crippen molar-refractivity contribution in [3.05, 3.63) is 68.7 Å². The van der Waals surface area contributed by atoms with E-state index in [9.17, 15) is 14.4 Å². The van der Waals surface area contributed by atoms with Crippen molar-refractivity contribution < 1.29 is 19.1 Å². The number of aryl methyl sites for hydroxylation is 2. The molecule has 10 heteroatoms. The Bertz CT molecular complexity index is 1150. The van der Waals surface area contributed by atoms with Gasteiger partial charge in [-0.25, -0.2) is 0 Å². The Morgan fingerprint density at radius 1 is 1.10 bits per heavy atom. The summed E-state index contributed by atoms with van der Waals surface area (Å²) in [7, 11) is 0. The van der Waals surface area contributed by atoms with Crippen LogP contribution in [-0.2, 0) is 11.3 Å². The van der Waals surface area contributed by atoms with Crippen molar-refractivity contribution in [1.29, 1.82) is 0 Å². The largest absolute Gasteiger partial charge is 0.484 e. The summed E-state index contributed by atoms with van der Waals surface area (Å²) in [4.78, 5) is 38.2. The molecule has 0 radical (unpaired) electrons. The second-order valence-electron chi connectivity index (χ2n) is 6.95. The predicted octanol–water partition coefficient (Wildman–Crippen LogP) is 3.62. The van der Waals surface area contributed by atoms with Gasteiger partial charge in [-0.05, 0) is 49.2 Å². The summed E-state index contributed by atoms with van der Waals surface area (Å²) in [6, 6.07) is 10.2. The van der Waals surface area contributed by atoms with Gasteiger partial charge < -0.3 is 4.74 Å². The van der Waals surface area contributed by atoms with Crippen LogP contribution in [-0.4, -0.2) is 39.4 Å². The molecule has 0 saturated carbocycles. The van der Waals surface area contributed by atoms with Gasteiger partial charge in [-0.15, -0.1) is 10.2 Å². The van der Waals surface area contributed by atoms with Gasteiger partial charge in [-0.2, -0.15) is 0 Å². The Morgan fingerprint density at radius 2 is 1.71 bits per heavy atom.